The van der Waals surface area contributed by atoms with E-state index in [0.29, 0.717) is 16.6 Å². The van der Waals surface area contributed by atoms with Crippen molar-refractivity contribution in [1.29, 1.82) is 0 Å². The smallest absolute Gasteiger partial charge is 0.316 e. The summed E-state index contributed by atoms with van der Waals surface area (Å²) >= 11 is 3.10. The highest BCUT2D eigenvalue weighted by Crippen LogP contribution is 2.38. The summed E-state index contributed by atoms with van der Waals surface area (Å²) in [5, 5.41) is 3.15. The molecule has 0 spiro atoms. The largest absolute Gasteiger partial charge is 0.416 e. The second-order valence-corrected chi connectivity index (χ2v) is 5.19. The van der Waals surface area contributed by atoms with Gasteiger partial charge in [0, 0.05) is 11.0 Å². The molecule has 0 aromatic heterocycles. The van der Waals surface area contributed by atoms with Gasteiger partial charge in [0.1, 0.15) is 0 Å². The van der Waals surface area contributed by atoms with Gasteiger partial charge in [0.2, 0.25) is 0 Å². The summed E-state index contributed by atoms with van der Waals surface area (Å²) in [5.41, 5.74) is -0.103. The second kappa shape index (κ2) is 4.98. The summed E-state index contributed by atoms with van der Waals surface area (Å²) in [6.07, 6.45) is -2.54. The molecule has 5 heteroatoms. The zero-order chi connectivity index (χ0) is 12.5. The van der Waals surface area contributed by atoms with Crippen molar-refractivity contribution in [3.8, 4) is 0 Å². The van der Waals surface area contributed by atoms with Crippen molar-refractivity contribution in [2.24, 2.45) is 0 Å². The molecular weight excluding hydrogens is 295 g/mol. The van der Waals surface area contributed by atoms with E-state index in [1.54, 1.807) is 12.1 Å². The Bertz CT molecular complexity index is 397. The molecule has 1 N–H and O–H groups in total. The van der Waals surface area contributed by atoms with Crippen molar-refractivity contribution in [3.63, 3.8) is 0 Å². The summed E-state index contributed by atoms with van der Waals surface area (Å²) in [7, 11) is 0. The van der Waals surface area contributed by atoms with Gasteiger partial charge >= 0.3 is 6.18 Å². The predicted molar refractivity (Wildman–Crippen MR) is 64.0 cm³/mol. The lowest BCUT2D eigenvalue weighted by Crippen LogP contribution is -2.29. The van der Waals surface area contributed by atoms with E-state index in [1.807, 2.05) is 0 Å². The maximum absolute atomic E-state index is 12.9. The normalized spacial score (nSPS) is 21.5. The molecule has 2 rings (SSSR count). The van der Waals surface area contributed by atoms with Crippen LogP contribution in [-0.4, -0.2) is 13.1 Å². The molecule has 1 heterocycles. The number of benzene rings is 1. The quantitative estimate of drug-likeness (QED) is 0.829. The summed E-state index contributed by atoms with van der Waals surface area (Å²) in [4.78, 5) is 0. The lowest BCUT2D eigenvalue weighted by atomic mass is 9.88. The summed E-state index contributed by atoms with van der Waals surface area (Å²) < 4.78 is 39.3. The van der Waals surface area contributed by atoms with Gasteiger partial charge in [-0.05, 0) is 43.0 Å². The summed E-state index contributed by atoms with van der Waals surface area (Å²) in [6.45, 7) is 1.53. The average Bonchev–Trinajstić information content (AvgIpc) is 2.29. The van der Waals surface area contributed by atoms with Gasteiger partial charge in [0.05, 0.1) is 5.56 Å². The molecule has 17 heavy (non-hydrogen) atoms. The Morgan fingerprint density at radius 2 is 2.06 bits per heavy atom. The zero-order valence-corrected chi connectivity index (χ0v) is 10.7. The van der Waals surface area contributed by atoms with E-state index >= 15 is 0 Å². The number of nitrogens with one attached hydrogen (secondary N) is 1. The molecule has 94 valence electrons. The van der Waals surface area contributed by atoms with Crippen LogP contribution < -0.4 is 5.32 Å². The van der Waals surface area contributed by atoms with Crippen molar-refractivity contribution in [1.82, 2.24) is 5.32 Å². The van der Waals surface area contributed by atoms with Gasteiger partial charge in [-0.1, -0.05) is 22.0 Å². The first-order valence-corrected chi connectivity index (χ1v) is 6.35. The van der Waals surface area contributed by atoms with Gasteiger partial charge in [0.25, 0.3) is 0 Å². The number of piperidine rings is 1. The SMILES string of the molecule is FC(F)(F)c1cc(Br)ccc1C1CCCNC1. The van der Waals surface area contributed by atoms with Crippen LogP contribution in [0.2, 0.25) is 0 Å². The van der Waals surface area contributed by atoms with Gasteiger partial charge in [0.15, 0.2) is 0 Å². The van der Waals surface area contributed by atoms with Crippen molar-refractivity contribution >= 4 is 15.9 Å². The predicted octanol–water partition coefficient (Wildman–Crippen LogP) is 3.93. The standard InChI is InChI=1S/C12H13BrF3N/c13-9-3-4-10(8-2-1-5-17-7-8)11(6-9)12(14,15)16/h3-4,6,8,17H,1-2,5,7H2. The fraction of sp³-hybridized carbons (Fsp3) is 0.500. The van der Waals surface area contributed by atoms with Crippen LogP contribution in [0.1, 0.15) is 29.9 Å². The second-order valence-electron chi connectivity index (χ2n) is 4.27. The third kappa shape index (κ3) is 3.01. The molecule has 1 aliphatic rings. The van der Waals surface area contributed by atoms with Crippen molar-refractivity contribution in [2.75, 3.05) is 13.1 Å². The number of alkyl halides is 3. The highest BCUT2D eigenvalue weighted by molar-refractivity contribution is 9.10. The van der Waals surface area contributed by atoms with Crippen molar-refractivity contribution < 1.29 is 13.2 Å². The Balaban J connectivity index is 2.38. The van der Waals surface area contributed by atoms with E-state index in [9.17, 15) is 13.2 Å². The molecule has 1 aromatic rings. The van der Waals surface area contributed by atoms with Gasteiger partial charge in [-0.15, -0.1) is 0 Å². The van der Waals surface area contributed by atoms with Crippen LogP contribution in [-0.2, 0) is 6.18 Å². The van der Waals surface area contributed by atoms with Crippen molar-refractivity contribution in [3.05, 3.63) is 33.8 Å². The van der Waals surface area contributed by atoms with Crippen LogP contribution in [0.4, 0.5) is 13.2 Å². The van der Waals surface area contributed by atoms with Gasteiger partial charge < -0.3 is 5.32 Å². The molecule has 0 amide bonds. The molecule has 1 aliphatic heterocycles. The Hall–Kier alpha value is -0.550. The molecule has 1 atom stereocenters. The van der Waals surface area contributed by atoms with Crippen LogP contribution in [0.25, 0.3) is 0 Å². The minimum atomic E-state index is -4.28. The van der Waals surface area contributed by atoms with Crippen LogP contribution in [0.3, 0.4) is 0 Å². The molecule has 0 radical (unpaired) electrons. The van der Waals surface area contributed by atoms with Gasteiger partial charge in [-0.3, -0.25) is 0 Å². The van der Waals surface area contributed by atoms with Gasteiger partial charge in [-0.25, -0.2) is 0 Å². The minimum Gasteiger partial charge on any atom is -0.316 e. The Kier molecular flexibility index (Phi) is 3.78. The van der Waals surface area contributed by atoms with E-state index in [2.05, 4.69) is 21.2 Å². The fourth-order valence-corrected chi connectivity index (χ4v) is 2.61. The molecule has 1 fully saturated rings. The maximum atomic E-state index is 12.9. The first kappa shape index (κ1) is 12.9. The molecular formula is C12H13BrF3N. The maximum Gasteiger partial charge on any atom is 0.416 e. The van der Waals surface area contributed by atoms with E-state index in [4.69, 9.17) is 0 Å². The number of halogens is 4. The molecule has 0 bridgehead atoms. The first-order chi connectivity index (χ1) is 7.98. The van der Waals surface area contributed by atoms with Crippen molar-refractivity contribution in [2.45, 2.75) is 24.9 Å². The Morgan fingerprint density at radius 3 is 2.65 bits per heavy atom. The monoisotopic (exact) mass is 307 g/mol. The molecule has 1 nitrogen and oxygen atoms in total. The van der Waals surface area contributed by atoms with E-state index in [-0.39, 0.29) is 5.92 Å². The van der Waals surface area contributed by atoms with Crippen LogP contribution in [0, 0.1) is 0 Å². The molecule has 1 unspecified atom stereocenters. The Morgan fingerprint density at radius 1 is 1.29 bits per heavy atom. The number of hydrogen-bond acceptors (Lipinski definition) is 1. The lowest BCUT2D eigenvalue weighted by molar-refractivity contribution is -0.138. The lowest BCUT2D eigenvalue weighted by Gasteiger charge is -2.26. The molecule has 1 saturated heterocycles. The van der Waals surface area contributed by atoms with Gasteiger partial charge in [-0.2, -0.15) is 13.2 Å². The highest BCUT2D eigenvalue weighted by Gasteiger charge is 2.35. The highest BCUT2D eigenvalue weighted by atomic mass is 79.9. The number of rotatable bonds is 1. The summed E-state index contributed by atoms with van der Waals surface area (Å²) in [5.74, 6) is -0.0338. The van der Waals surface area contributed by atoms with Crippen LogP contribution in [0.15, 0.2) is 22.7 Å². The zero-order valence-electron chi connectivity index (χ0n) is 9.15. The molecule has 1 aromatic carbocycles. The Labute approximate surface area is 107 Å². The van der Waals surface area contributed by atoms with E-state index < -0.39 is 11.7 Å². The molecule has 0 saturated carbocycles. The fourth-order valence-electron chi connectivity index (χ4n) is 2.25. The van der Waals surface area contributed by atoms with E-state index in [1.165, 1.54) is 6.07 Å². The summed E-state index contributed by atoms with van der Waals surface area (Å²) in [6, 6.07) is 4.44. The minimum absolute atomic E-state index is 0.0338. The third-order valence-electron chi connectivity index (χ3n) is 3.06. The average molecular weight is 308 g/mol. The van der Waals surface area contributed by atoms with Crippen LogP contribution >= 0.6 is 15.9 Å². The third-order valence-corrected chi connectivity index (χ3v) is 3.55. The van der Waals surface area contributed by atoms with Crippen LogP contribution in [0.5, 0.6) is 0 Å². The topological polar surface area (TPSA) is 12.0 Å². The molecule has 0 aliphatic carbocycles. The van der Waals surface area contributed by atoms with E-state index in [0.717, 1.165) is 19.4 Å². The first-order valence-electron chi connectivity index (χ1n) is 5.56. The number of hydrogen-bond donors (Lipinski definition) is 1.